The van der Waals surface area contributed by atoms with E-state index < -0.39 is 6.10 Å². The van der Waals surface area contributed by atoms with Crippen molar-refractivity contribution in [2.75, 3.05) is 13.6 Å². The topological polar surface area (TPSA) is 41.5 Å². The number of aryl methyl sites for hydroxylation is 1. The van der Waals surface area contributed by atoms with Crippen molar-refractivity contribution in [3.05, 3.63) is 59.2 Å². The molecule has 1 heterocycles. The Bertz CT molecular complexity index is 624. The van der Waals surface area contributed by atoms with Crippen LogP contribution in [0.25, 0.3) is 0 Å². The zero-order chi connectivity index (χ0) is 14.7. The van der Waals surface area contributed by atoms with Crippen LogP contribution in [0.3, 0.4) is 0 Å². The molecule has 3 nitrogen and oxygen atoms in total. The van der Waals surface area contributed by atoms with Crippen LogP contribution in [-0.4, -0.2) is 18.7 Å². The van der Waals surface area contributed by atoms with Gasteiger partial charge in [0.1, 0.15) is 11.5 Å². The predicted octanol–water partition coefficient (Wildman–Crippen LogP) is 3.22. The number of rotatable bonds is 4. The summed E-state index contributed by atoms with van der Waals surface area (Å²) >= 11 is 0. The third-order valence-electron chi connectivity index (χ3n) is 3.96. The molecule has 2 aromatic carbocycles. The van der Waals surface area contributed by atoms with Gasteiger partial charge >= 0.3 is 0 Å². The maximum Gasteiger partial charge on any atom is 0.136 e. The van der Waals surface area contributed by atoms with Crippen LogP contribution in [-0.2, 0) is 12.8 Å². The molecule has 0 saturated heterocycles. The van der Waals surface area contributed by atoms with Crippen LogP contribution < -0.4 is 10.1 Å². The van der Waals surface area contributed by atoms with Crippen LogP contribution in [0, 0.1) is 0 Å². The van der Waals surface area contributed by atoms with Gasteiger partial charge in [0.05, 0.1) is 6.10 Å². The Morgan fingerprint density at radius 3 is 2.90 bits per heavy atom. The molecule has 21 heavy (non-hydrogen) atoms. The number of hydrogen-bond acceptors (Lipinski definition) is 3. The molecular formula is C18H21NO2. The number of aliphatic hydroxyl groups excluding tert-OH is 1. The summed E-state index contributed by atoms with van der Waals surface area (Å²) in [4.78, 5) is 0. The second-order valence-corrected chi connectivity index (χ2v) is 5.47. The number of para-hydroxylation sites is 2. The summed E-state index contributed by atoms with van der Waals surface area (Å²) in [6.45, 7) is 0.975. The lowest BCUT2D eigenvalue weighted by atomic mass is 9.98. The maximum absolute atomic E-state index is 10.5. The Morgan fingerprint density at radius 2 is 2.05 bits per heavy atom. The average molecular weight is 283 g/mol. The fourth-order valence-electron chi connectivity index (χ4n) is 2.84. The Balaban J connectivity index is 1.97. The summed E-state index contributed by atoms with van der Waals surface area (Å²) in [5, 5.41) is 13.7. The van der Waals surface area contributed by atoms with E-state index in [0.29, 0.717) is 6.42 Å². The molecule has 2 aromatic rings. The Hall–Kier alpha value is -1.84. The molecule has 1 aliphatic rings. The van der Waals surface area contributed by atoms with E-state index in [1.165, 1.54) is 5.56 Å². The van der Waals surface area contributed by atoms with Crippen LogP contribution in [0.1, 0.15) is 29.2 Å². The molecule has 0 amide bonds. The summed E-state index contributed by atoms with van der Waals surface area (Å²) in [5.41, 5.74) is 3.12. The number of aliphatic hydroxyl groups is 1. The summed E-state index contributed by atoms with van der Waals surface area (Å²) < 4.78 is 6.15. The molecule has 0 spiro atoms. The van der Waals surface area contributed by atoms with Gasteiger partial charge in [0.15, 0.2) is 0 Å². The van der Waals surface area contributed by atoms with Crippen molar-refractivity contribution in [2.24, 2.45) is 0 Å². The monoisotopic (exact) mass is 283 g/mol. The highest BCUT2D eigenvalue weighted by molar-refractivity contribution is 5.50. The first-order valence-electron chi connectivity index (χ1n) is 7.50. The van der Waals surface area contributed by atoms with Crippen molar-refractivity contribution in [2.45, 2.75) is 25.4 Å². The van der Waals surface area contributed by atoms with Crippen LogP contribution >= 0.6 is 0 Å². The van der Waals surface area contributed by atoms with E-state index in [0.717, 1.165) is 42.0 Å². The van der Waals surface area contributed by atoms with Gasteiger partial charge in [0, 0.05) is 12.0 Å². The molecule has 0 saturated carbocycles. The number of ether oxygens (including phenoxy) is 1. The first kappa shape index (κ1) is 14.1. The maximum atomic E-state index is 10.5. The minimum absolute atomic E-state index is 0.507. The fourth-order valence-corrected chi connectivity index (χ4v) is 2.84. The molecule has 3 heteroatoms. The number of fused-ring (bicyclic) bond motifs is 2. The Labute approximate surface area is 125 Å². The van der Waals surface area contributed by atoms with E-state index in [4.69, 9.17) is 4.74 Å². The number of nitrogens with one attached hydrogen (secondary N) is 1. The molecule has 1 aliphatic heterocycles. The first-order chi connectivity index (χ1) is 10.3. The van der Waals surface area contributed by atoms with E-state index in [9.17, 15) is 5.11 Å². The van der Waals surface area contributed by atoms with E-state index in [2.05, 4.69) is 11.4 Å². The van der Waals surface area contributed by atoms with Crippen molar-refractivity contribution < 1.29 is 9.84 Å². The van der Waals surface area contributed by atoms with Gasteiger partial charge in [-0.15, -0.1) is 0 Å². The predicted molar refractivity (Wildman–Crippen MR) is 83.9 cm³/mol. The number of hydrogen-bond donors (Lipinski definition) is 2. The normalized spacial score (nSPS) is 16.6. The fraction of sp³-hybridized carbons (Fsp3) is 0.333. The number of benzene rings is 2. The highest BCUT2D eigenvalue weighted by Crippen LogP contribution is 2.40. The zero-order valence-corrected chi connectivity index (χ0v) is 12.3. The van der Waals surface area contributed by atoms with Gasteiger partial charge in [0.25, 0.3) is 0 Å². The molecule has 0 radical (unpaired) electrons. The molecule has 1 atom stereocenters. The second-order valence-electron chi connectivity index (χ2n) is 5.47. The van der Waals surface area contributed by atoms with Crippen molar-refractivity contribution in [3.8, 4) is 11.5 Å². The molecule has 1 unspecified atom stereocenters. The smallest absolute Gasteiger partial charge is 0.136 e. The standard InChI is InChI=1S/C18H21NO2/c1-19-11-5-8-13-7-4-9-15-16(20)12-14-6-2-3-10-17(14)21-18(13)15/h2-4,6-7,9-10,16,19-20H,5,8,11-12H2,1H3. The largest absolute Gasteiger partial charge is 0.456 e. The minimum atomic E-state index is -0.507. The molecule has 0 bridgehead atoms. The lowest BCUT2D eigenvalue weighted by Gasteiger charge is -2.15. The van der Waals surface area contributed by atoms with Gasteiger partial charge in [-0.05, 0) is 43.6 Å². The molecule has 0 fully saturated rings. The van der Waals surface area contributed by atoms with Gasteiger partial charge < -0.3 is 15.2 Å². The van der Waals surface area contributed by atoms with E-state index in [-0.39, 0.29) is 0 Å². The molecule has 110 valence electrons. The van der Waals surface area contributed by atoms with Crippen LogP contribution in [0.2, 0.25) is 0 Å². The quantitative estimate of drug-likeness (QED) is 0.847. The molecular weight excluding hydrogens is 262 g/mol. The minimum Gasteiger partial charge on any atom is -0.456 e. The zero-order valence-electron chi connectivity index (χ0n) is 12.3. The third-order valence-corrected chi connectivity index (χ3v) is 3.96. The van der Waals surface area contributed by atoms with Crippen LogP contribution in [0.15, 0.2) is 42.5 Å². The van der Waals surface area contributed by atoms with Crippen LogP contribution in [0.5, 0.6) is 11.5 Å². The first-order valence-corrected chi connectivity index (χ1v) is 7.50. The van der Waals surface area contributed by atoms with Crippen molar-refractivity contribution >= 4 is 0 Å². The van der Waals surface area contributed by atoms with Gasteiger partial charge in [-0.1, -0.05) is 36.4 Å². The van der Waals surface area contributed by atoms with Gasteiger partial charge in [-0.3, -0.25) is 0 Å². The van der Waals surface area contributed by atoms with E-state index in [1.54, 1.807) is 0 Å². The lowest BCUT2D eigenvalue weighted by Crippen LogP contribution is -2.09. The lowest BCUT2D eigenvalue weighted by molar-refractivity contribution is 0.178. The van der Waals surface area contributed by atoms with Gasteiger partial charge in [0.2, 0.25) is 0 Å². The summed E-state index contributed by atoms with van der Waals surface area (Å²) in [6, 6.07) is 14.0. The Kier molecular flexibility index (Phi) is 4.23. The molecule has 2 N–H and O–H groups in total. The van der Waals surface area contributed by atoms with Crippen LogP contribution in [0.4, 0.5) is 0 Å². The third kappa shape index (κ3) is 2.94. The SMILES string of the molecule is CNCCCc1cccc2c1Oc1ccccc1CC2O. The highest BCUT2D eigenvalue weighted by Gasteiger charge is 2.23. The van der Waals surface area contributed by atoms with Crippen molar-refractivity contribution in [3.63, 3.8) is 0 Å². The van der Waals surface area contributed by atoms with E-state index in [1.807, 2.05) is 43.4 Å². The molecule has 0 aromatic heterocycles. The Morgan fingerprint density at radius 1 is 1.19 bits per heavy atom. The summed E-state index contributed by atoms with van der Waals surface area (Å²) in [7, 11) is 1.96. The van der Waals surface area contributed by atoms with Gasteiger partial charge in [-0.2, -0.15) is 0 Å². The average Bonchev–Trinajstić information content (AvgIpc) is 2.64. The van der Waals surface area contributed by atoms with Crippen molar-refractivity contribution in [1.82, 2.24) is 5.32 Å². The second kappa shape index (κ2) is 6.29. The molecule has 0 aliphatic carbocycles. The van der Waals surface area contributed by atoms with E-state index >= 15 is 0 Å². The highest BCUT2D eigenvalue weighted by atomic mass is 16.5. The van der Waals surface area contributed by atoms with Gasteiger partial charge in [-0.25, -0.2) is 0 Å². The molecule has 3 rings (SSSR count). The summed E-state index contributed by atoms with van der Waals surface area (Å²) in [5.74, 6) is 1.70. The van der Waals surface area contributed by atoms with Crippen molar-refractivity contribution in [1.29, 1.82) is 0 Å². The summed E-state index contributed by atoms with van der Waals surface area (Å²) in [6.07, 6.45) is 2.09.